The van der Waals surface area contributed by atoms with E-state index in [1.54, 1.807) is 6.20 Å². The van der Waals surface area contributed by atoms with E-state index < -0.39 is 6.10 Å². The zero-order valence-electron chi connectivity index (χ0n) is 11.4. The van der Waals surface area contributed by atoms with Gasteiger partial charge in [0, 0.05) is 19.2 Å². The third-order valence-electron chi connectivity index (χ3n) is 2.99. The number of hydrogen-bond acceptors (Lipinski definition) is 3. The smallest absolute Gasteiger partial charge is 0.119 e. The van der Waals surface area contributed by atoms with Crippen molar-refractivity contribution in [3.63, 3.8) is 0 Å². The number of hydrogen-bond donors (Lipinski definition) is 1. The van der Waals surface area contributed by atoms with Crippen LogP contribution in [0.4, 0.5) is 0 Å². The molecule has 0 spiro atoms. The van der Waals surface area contributed by atoms with E-state index in [2.05, 4.69) is 5.10 Å². The standard InChI is InChI=1S/C15H20N2O2/c1-3-17-11-12(10-16-17)8-15(18)13-6-5-7-14(9-13)19-4-2/h5-7,9-11,15,18H,3-4,8H2,1-2H3. The summed E-state index contributed by atoms with van der Waals surface area (Å²) in [4.78, 5) is 0. The third kappa shape index (κ3) is 3.58. The van der Waals surface area contributed by atoms with Gasteiger partial charge in [-0.15, -0.1) is 0 Å². The number of nitrogens with zero attached hydrogens (tertiary/aromatic N) is 2. The van der Waals surface area contributed by atoms with Gasteiger partial charge in [0.15, 0.2) is 0 Å². The summed E-state index contributed by atoms with van der Waals surface area (Å²) in [6.07, 6.45) is 3.81. The second-order valence-corrected chi connectivity index (χ2v) is 4.43. The van der Waals surface area contributed by atoms with Crippen LogP contribution in [0.15, 0.2) is 36.7 Å². The van der Waals surface area contributed by atoms with Crippen LogP contribution < -0.4 is 4.74 Å². The van der Waals surface area contributed by atoms with Crippen molar-refractivity contribution in [1.29, 1.82) is 0 Å². The normalized spacial score (nSPS) is 12.4. The molecular weight excluding hydrogens is 240 g/mol. The average molecular weight is 260 g/mol. The van der Waals surface area contributed by atoms with E-state index in [-0.39, 0.29) is 0 Å². The number of aliphatic hydroxyl groups is 1. The van der Waals surface area contributed by atoms with Crippen molar-refractivity contribution in [3.8, 4) is 5.75 Å². The van der Waals surface area contributed by atoms with Gasteiger partial charge in [-0.05, 0) is 37.1 Å². The highest BCUT2D eigenvalue weighted by molar-refractivity contribution is 5.30. The second-order valence-electron chi connectivity index (χ2n) is 4.43. The molecule has 2 aromatic rings. The molecule has 0 radical (unpaired) electrons. The molecule has 0 aliphatic rings. The minimum Gasteiger partial charge on any atom is -0.494 e. The lowest BCUT2D eigenvalue weighted by Crippen LogP contribution is -2.02. The van der Waals surface area contributed by atoms with Crippen LogP contribution in [0.1, 0.15) is 31.1 Å². The molecule has 4 nitrogen and oxygen atoms in total. The summed E-state index contributed by atoms with van der Waals surface area (Å²) in [5, 5.41) is 14.5. The van der Waals surface area contributed by atoms with Crippen LogP contribution in [0.25, 0.3) is 0 Å². The Hall–Kier alpha value is -1.81. The highest BCUT2D eigenvalue weighted by Gasteiger charge is 2.10. The van der Waals surface area contributed by atoms with Crippen molar-refractivity contribution in [3.05, 3.63) is 47.8 Å². The first-order valence-electron chi connectivity index (χ1n) is 6.65. The number of benzene rings is 1. The molecule has 0 fully saturated rings. The molecule has 1 aromatic heterocycles. The summed E-state index contributed by atoms with van der Waals surface area (Å²) < 4.78 is 7.30. The van der Waals surface area contributed by atoms with Gasteiger partial charge in [-0.3, -0.25) is 4.68 Å². The minimum absolute atomic E-state index is 0.532. The number of rotatable bonds is 6. The number of ether oxygens (including phenoxy) is 1. The summed E-state index contributed by atoms with van der Waals surface area (Å²) in [6.45, 7) is 5.46. The molecule has 102 valence electrons. The Morgan fingerprint density at radius 2 is 2.21 bits per heavy atom. The molecule has 2 rings (SSSR count). The van der Waals surface area contributed by atoms with Crippen LogP contribution in [-0.4, -0.2) is 21.5 Å². The van der Waals surface area contributed by atoms with Gasteiger partial charge in [0.2, 0.25) is 0 Å². The minimum atomic E-state index is -0.532. The van der Waals surface area contributed by atoms with Crippen molar-refractivity contribution >= 4 is 0 Å². The maximum absolute atomic E-state index is 10.3. The van der Waals surface area contributed by atoms with Crippen LogP contribution in [0, 0.1) is 0 Å². The predicted molar refractivity (Wildman–Crippen MR) is 74.2 cm³/mol. The first-order chi connectivity index (χ1) is 9.22. The fraction of sp³-hybridized carbons (Fsp3) is 0.400. The van der Waals surface area contributed by atoms with Gasteiger partial charge >= 0.3 is 0 Å². The summed E-state index contributed by atoms with van der Waals surface area (Å²) in [5.41, 5.74) is 1.91. The number of aryl methyl sites for hydroxylation is 1. The van der Waals surface area contributed by atoms with Gasteiger partial charge in [0.1, 0.15) is 5.75 Å². The van der Waals surface area contributed by atoms with E-state index in [1.807, 2.05) is 49.0 Å². The molecular formula is C15H20N2O2. The summed E-state index contributed by atoms with van der Waals surface area (Å²) in [5.74, 6) is 0.795. The predicted octanol–water partition coefficient (Wildman–Crippen LogP) is 2.58. The molecule has 0 aliphatic heterocycles. The molecule has 0 amide bonds. The lowest BCUT2D eigenvalue weighted by atomic mass is 10.0. The second kappa shape index (κ2) is 6.38. The lowest BCUT2D eigenvalue weighted by Gasteiger charge is -2.11. The summed E-state index contributed by atoms with van der Waals surface area (Å²) in [6, 6.07) is 7.60. The molecule has 19 heavy (non-hydrogen) atoms. The van der Waals surface area contributed by atoms with Gasteiger partial charge in [-0.1, -0.05) is 12.1 Å². The van der Waals surface area contributed by atoms with Crippen molar-refractivity contribution in [2.45, 2.75) is 32.9 Å². The van der Waals surface area contributed by atoms with Crippen molar-refractivity contribution < 1.29 is 9.84 Å². The van der Waals surface area contributed by atoms with Crippen LogP contribution in [0.3, 0.4) is 0 Å². The quantitative estimate of drug-likeness (QED) is 0.868. The maximum Gasteiger partial charge on any atom is 0.119 e. The van der Waals surface area contributed by atoms with Crippen molar-refractivity contribution in [2.75, 3.05) is 6.61 Å². The van der Waals surface area contributed by atoms with Crippen molar-refractivity contribution in [1.82, 2.24) is 9.78 Å². The van der Waals surface area contributed by atoms with Gasteiger partial charge in [0.05, 0.1) is 18.9 Å². The molecule has 0 bridgehead atoms. The van der Waals surface area contributed by atoms with Crippen LogP contribution in [0.5, 0.6) is 5.75 Å². The van der Waals surface area contributed by atoms with E-state index in [4.69, 9.17) is 4.74 Å². The van der Waals surface area contributed by atoms with Gasteiger partial charge in [-0.25, -0.2) is 0 Å². The Labute approximate surface area is 113 Å². The van der Waals surface area contributed by atoms with Crippen molar-refractivity contribution in [2.24, 2.45) is 0 Å². The van der Waals surface area contributed by atoms with E-state index >= 15 is 0 Å². The van der Waals surface area contributed by atoms with Gasteiger partial charge in [-0.2, -0.15) is 5.10 Å². The highest BCUT2D eigenvalue weighted by Crippen LogP contribution is 2.22. The zero-order valence-corrected chi connectivity index (χ0v) is 11.4. The fourth-order valence-corrected chi connectivity index (χ4v) is 2.00. The largest absolute Gasteiger partial charge is 0.494 e. The molecule has 1 unspecified atom stereocenters. The molecule has 0 saturated carbocycles. The Bertz CT molecular complexity index is 522. The monoisotopic (exact) mass is 260 g/mol. The maximum atomic E-state index is 10.3. The molecule has 0 saturated heterocycles. The molecule has 1 N–H and O–H groups in total. The molecule has 1 aromatic carbocycles. The van der Waals surface area contributed by atoms with E-state index in [9.17, 15) is 5.11 Å². The molecule has 4 heteroatoms. The van der Waals surface area contributed by atoms with Gasteiger partial charge in [0.25, 0.3) is 0 Å². The van der Waals surface area contributed by atoms with E-state index in [0.29, 0.717) is 13.0 Å². The van der Waals surface area contributed by atoms with Crippen LogP contribution in [0.2, 0.25) is 0 Å². The van der Waals surface area contributed by atoms with Crippen LogP contribution >= 0.6 is 0 Å². The molecule has 0 aliphatic carbocycles. The summed E-state index contributed by atoms with van der Waals surface area (Å²) in [7, 11) is 0. The van der Waals surface area contributed by atoms with Gasteiger partial charge < -0.3 is 9.84 Å². The Balaban J connectivity index is 2.06. The summed E-state index contributed by atoms with van der Waals surface area (Å²) >= 11 is 0. The van der Waals surface area contributed by atoms with E-state index in [1.165, 1.54) is 0 Å². The first kappa shape index (κ1) is 13.6. The lowest BCUT2D eigenvalue weighted by molar-refractivity contribution is 0.178. The third-order valence-corrected chi connectivity index (χ3v) is 2.99. The SMILES string of the molecule is CCOc1cccc(C(O)Cc2cnn(CC)c2)c1. The Kier molecular flexibility index (Phi) is 4.58. The average Bonchev–Trinajstić information content (AvgIpc) is 2.87. The highest BCUT2D eigenvalue weighted by atomic mass is 16.5. The first-order valence-corrected chi connectivity index (χ1v) is 6.65. The Morgan fingerprint density at radius 3 is 2.89 bits per heavy atom. The Morgan fingerprint density at radius 1 is 1.37 bits per heavy atom. The molecule has 1 atom stereocenters. The fourth-order valence-electron chi connectivity index (χ4n) is 2.00. The zero-order chi connectivity index (χ0) is 13.7. The number of aliphatic hydroxyl groups excluding tert-OH is 1. The van der Waals surface area contributed by atoms with E-state index in [0.717, 1.165) is 23.4 Å². The molecule has 1 heterocycles. The topological polar surface area (TPSA) is 47.3 Å². The number of aromatic nitrogens is 2. The van der Waals surface area contributed by atoms with Crippen LogP contribution in [-0.2, 0) is 13.0 Å².